The van der Waals surface area contributed by atoms with Crippen molar-refractivity contribution in [3.63, 3.8) is 0 Å². The lowest BCUT2D eigenvalue weighted by molar-refractivity contribution is -0.132. The van der Waals surface area contributed by atoms with Crippen LogP contribution >= 0.6 is 11.6 Å². The van der Waals surface area contributed by atoms with Gasteiger partial charge in [0, 0.05) is 48.3 Å². The number of halogens is 1. The Hall–Kier alpha value is -3.72. The molecule has 2 aromatic heterocycles. The van der Waals surface area contributed by atoms with Gasteiger partial charge in [0.05, 0.1) is 26.1 Å². The summed E-state index contributed by atoms with van der Waals surface area (Å²) in [4.78, 5) is 37.7. The van der Waals surface area contributed by atoms with E-state index in [2.05, 4.69) is 14.9 Å². The predicted octanol–water partition coefficient (Wildman–Crippen LogP) is 2.90. The highest BCUT2D eigenvalue weighted by molar-refractivity contribution is 6.30. The second-order valence-electron chi connectivity index (χ2n) is 8.12. The van der Waals surface area contributed by atoms with Crippen molar-refractivity contribution in [2.45, 2.75) is 6.54 Å². The number of carbonyl (C=O) groups excluding carboxylic acids is 1. The van der Waals surface area contributed by atoms with Gasteiger partial charge in [-0.2, -0.15) is 0 Å². The van der Waals surface area contributed by atoms with E-state index in [1.807, 2.05) is 24.3 Å². The van der Waals surface area contributed by atoms with Crippen LogP contribution in [-0.4, -0.2) is 65.7 Å². The first-order chi connectivity index (χ1) is 16.5. The quantitative estimate of drug-likeness (QED) is 0.471. The summed E-state index contributed by atoms with van der Waals surface area (Å²) in [5.41, 5.74) is 2.36. The largest absolute Gasteiger partial charge is 0.493 e. The van der Waals surface area contributed by atoms with Gasteiger partial charge in [0.2, 0.25) is 5.91 Å². The number of hydrogen-bond acceptors (Lipinski definition) is 6. The van der Waals surface area contributed by atoms with Gasteiger partial charge in [-0.05, 0) is 30.3 Å². The van der Waals surface area contributed by atoms with E-state index in [0.29, 0.717) is 59.3 Å². The summed E-state index contributed by atoms with van der Waals surface area (Å²) in [5.74, 6) is 0.989. The highest BCUT2D eigenvalue weighted by Gasteiger charge is 2.23. The van der Waals surface area contributed by atoms with E-state index in [-0.39, 0.29) is 18.0 Å². The second kappa shape index (κ2) is 8.90. The smallest absolute Gasteiger partial charge is 0.278 e. The number of fused-ring (bicyclic) bond motifs is 3. The van der Waals surface area contributed by atoms with Gasteiger partial charge in [0.15, 0.2) is 11.5 Å². The van der Waals surface area contributed by atoms with Crippen LogP contribution in [0, 0.1) is 0 Å². The summed E-state index contributed by atoms with van der Waals surface area (Å²) in [6.07, 6.45) is 1.43. The number of aromatic nitrogens is 3. The van der Waals surface area contributed by atoms with Crippen molar-refractivity contribution in [2.75, 3.05) is 45.3 Å². The van der Waals surface area contributed by atoms with Crippen molar-refractivity contribution in [3.8, 4) is 11.5 Å². The Kier molecular flexibility index (Phi) is 5.79. The van der Waals surface area contributed by atoms with Gasteiger partial charge in [0.1, 0.15) is 17.6 Å². The first kappa shape index (κ1) is 22.1. The molecular formula is C24H24ClN5O4. The van der Waals surface area contributed by atoms with Gasteiger partial charge in [-0.15, -0.1) is 0 Å². The van der Waals surface area contributed by atoms with Crippen LogP contribution in [0.2, 0.25) is 5.02 Å². The zero-order valence-corrected chi connectivity index (χ0v) is 19.6. The molecule has 176 valence electrons. The minimum Gasteiger partial charge on any atom is -0.493 e. The number of nitrogens with zero attached hydrogens (tertiary/aromatic N) is 4. The number of methoxy groups -OCH3 is 2. The lowest BCUT2D eigenvalue weighted by Gasteiger charge is -2.36. The van der Waals surface area contributed by atoms with E-state index in [1.54, 1.807) is 31.3 Å². The number of H-pyrrole nitrogens is 1. The summed E-state index contributed by atoms with van der Waals surface area (Å²) in [6, 6.07) is 11.2. The molecule has 1 amide bonds. The number of hydrogen-bond donors (Lipinski definition) is 1. The molecule has 5 rings (SSSR count). The molecule has 0 radical (unpaired) electrons. The normalized spacial score (nSPS) is 14.1. The highest BCUT2D eigenvalue weighted by Crippen LogP contribution is 2.34. The number of aromatic amines is 1. The monoisotopic (exact) mass is 481 g/mol. The van der Waals surface area contributed by atoms with Crippen LogP contribution < -0.4 is 19.9 Å². The predicted molar refractivity (Wildman–Crippen MR) is 131 cm³/mol. The van der Waals surface area contributed by atoms with Crippen LogP contribution in [0.4, 0.5) is 5.69 Å². The Morgan fingerprint density at radius 1 is 1.06 bits per heavy atom. The molecular weight excluding hydrogens is 458 g/mol. The number of nitrogens with one attached hydrogen (secondary N) is 1. The molecule has 0 aliphatic carbocycles. The van der Waals surface area contributed by atoms with Gasteiger partial charge in [-0.3, -0.25) is 14.2 Å². The zero-order valence-electron chi connectivity index (χ0n) is 18.9. The van der Waals surface area contributed by atoms with Gasteiger partial charge >= 0.3 is 0 Å². The fourth-order valence-electron chi connectivity index (χ4n) is 4.34. The standard InChI is InChI=1S/C24H24ClN5O4/c1-33-19-11-17-18(12-20(19)34-2)27-23-22(17)26-14-30(24(23)32)13-21(31)29-9-7-28(8-10-29)16-5-3-15(25)4-6-16/h3-6,11-12,14,27H,7-10,13H2,1-2H3. The van der Waals surface area contributed by atoms with Crippen molar-refractivity contribution >= 4 is 45.1 Å². The molecule has 1 N–H and O–H groups in total. The van der Waals surface area contributed by atoms with Crippen molar-refractivity contribution in [1.29, 1.82) is 0 Å². The van der Waals surface area contributed by atoms with Crippen molar-refractivity contribution in [1.82, 2.24) is 19.4 Å². The SMILES string of the molecule is COc1cc2[nH]c3c(=O)n(CC(=O)N4CCN(c5ccc(Cl)cc5)CC4)cnc3c2cc1OC. The van der Waals surface area contributed by atoms with E-state index < -0.39 is 0 Å². The van der Waals surface area contributed by atoms with Crippen molar-refractivity contribution in [3.05, 3.63) is 58.1 Å². The molecule has 4 aromatic rings. The van der Waals surface area contributed by atoms with Crippen LogP contribution in [0.3, 0.4) is 0 Å². The summed E-state index contributed by atoms with van der Waals surface area (Å²) < 4.78 is 12.1. The Balaban J connectivity index is 1.34. The molecule has 0 atom stereocenters. The van der Waals surface area contributed by atoms with E-state index in [0.717, 1.165) is 11.1 Å². The highest BCUT2D eigenvalue weighted by atomic mass is 35.5. The van der Waals surface area contributed by atoms with Gasteiger partial charge in [0.25, 0.3) is 5.56 Å². The number of ether oxygens (including phenoxy) is 2. The zero-order chi connectivity index (χ0) is 23.8. The fourth-order valence-corrected chi connectivity index (χ4v) is 4.47. The van der Waals surface area contributed by atoms with Gasteiger partial charge in [-0.1, -0.05) is 11.6 Å². The lowest BCUT2D eigenvalue weighted by atomic mass is 10.2. The third kappa shape index (κ3) is 3.92. The Bertz CT molecular complexity index is 1420. The Labute approximate surface area is 200 Å². The minimum absolute atomic E-state index is 0.0648. The van der Waals surface area contributed by atoms with Crippen LogP contribution in [0.15, 0.2) is 47.5 Å². The molecule has 1 fully saturated rings. The van der Waals surface area contributed by atoms with E-state index >= 15 is 0 Å². The average Bonchev–Trinajstić information content (AvgIpc) is 3.23. The molecule has 1 saturated heterocycles. The fraction of sp³-hybridized carbons (Fsp3) is 0.292. The number of amides is 1. The number of rotatable bonds is 5. The molecule has 10 heteroatoms. The lowest BCUT2D eigenvalue weighted by Crippen LogP contribution is -2.50. The molecule has 0 spiro atoms. The molecule has 0 saturated carbocycles. The molecule has 34 heavy (non-hydrogen) atoms. The summed E-state index contributed by atoms with van der Waals surface area (Å²) in [7, 11) is 3.11. The molecule has 9 nitrogen and oxygen atoms in total. The van der Waals surface area contributed by atoms with E-state index in [9.17, 15) is 9.59 Å². The Morgan fingerprint density at radius 3 is 2.41 bits per heavy atom. The second-order valence-corrected chi connectivity index (χ2v) is 8.56. The summed E-state index contributed by atoms with van der Waals surface area (Å²) in [5, 5.41) is 1.45. The van der Waals surface area contributed by atoms with E-state index in [4.69, 9.17) is 21.1 Å². The first-order valence-electron chi connectivity index (χ1n) is 10.9. The molecule has 2 aromatic carbocycles. The number of piperazine rings is 1. The molecule has 0 bridgehead atoms. The van der Waals surface area contributed by atoms with Crippen LogP contribution in [0.5, 0.6) is 11.5 Å². The minimum atomic E-state index is -0.299. The van der Waals surface area contributed by atoms with Gasteiger partial charge in [-0.25, -0.2) is 4.98 Å². The third-order valence-corrected chi connectivity index (χ3v) is 6.46. The summed E-state index contributed by atoms with van der Waals surface area (Å²) >= 11 is 5.97. The van der Waals surface area contributed by atoms with Crippen LogP contribution in [-0.2, 0) is 11.3 Å². The Morgan fingerprint density at radius 2 is 1.74 bits per heavy atom. The first-order valence-corrected chi connectivity index (χ1v) is 11.3. The molecule has 0 unspecified atom stereocenters. The van der Waals surface area contributed by atoms with Crippen LogP contribution in [0.25, 0.3) is 21.9 Å². The summed E-state index contributed by atoms with van der Waals surface area (Å²) in [6.45, 7) is 2.52. The molecule has 1 aliphatic heterocycles. The van der Waals surface area contributed by atoms with Crippen LogP contribution in [0.1, 0.15) is 0 Å². The molecule has 3 heterocycles. The third-order valence-electron chi connectivity index (χ3n) is 6.21. The van der Waals surface area contributed by atoms with Gasteiger partial charge < -0.3 is 24.3 Å². The average molecular weight is 482 g/mol. The van der Waals surface area contributed by atoms with E-state index in [1.165, 1.54) is 10.9 Å². The number of anilines is 1. The van der Waals surface area contributed by atoms with Crippen molar-refractivity contribution in [2.24, 2.45) is 0 Å². The maximum absolute atomic E-state index is 13.1. The molecule has 1 aliphatic rings. The topological polar surface area (TPSA) is 92.7 Å². The number of carbonyl (C=O) groups is 1. The maximum atomic E-state index is 13.1. The number of benzene rings is 2. The maximum Gasteiger partial charge on any atom is 0.278 e. The van der Waals surface area contributed by atoms with Crippen molar-refractivity contribution < 1.29 is 14.3 Å².